The smallest absolute Gasteiger partial charge is 0.0682 e. The van der Waals surface area contributed by atoms with E-state index in [2.05, 4.69) is 40.7 Å². The Balaban J connectivity index is 1.71. The third-order valence-electron chi connectivity index (χ3n) is 11.0. The van der Waals surface area contributed by atoms with Gasteiger partial charge >= 0.3 is 0 Å². The van der Waals surface area contributed by atoms with Crippen molar-refractivity contribution in [2.45, 2.75) is 123 Å². The molecule has 2 N–H and O–H groups in total. The monoisotopic (exact) mass is 446 g/mol. The van der Waals surface area contributed by atoms with Crippen LogP contribution in [0.25, 0.3) is 0 Å². The molecule has 0 aromatic rings. The van der Waals surface area contributed by atoms with Crippen molar-refractivity contribution in [1.29, 1.82) is 0 Å². The second kappa shape index (κ2) is 9.00. The fourth-order valence-corrected chi connectivity index (χ4v) is 8.57. The van der Waals surface area contributed by atoms with E-state index in [1.807, 2.05) is 7.11 Å². The Morgan fingerprint density at radius 1 is 1.06 bits per heavy atom. The summed E-state index contributed by atoms with van der Waals surface area (Å²) in [5, 5.41) is 21.8. The molecule has 184 valence electrons. The average molecular weight is 447 g/mol. The van der Waals surface area contributed by atoms with E-state index in [1.54, 1.807) is 0 Å². The lowest BCUT2D eigenvalue weighted by molar-refractivity contribution is -0.102. The molecule has 3 nitrogen and oxygen atoms in total. The van der Waals surface area contributed by atoms with Gasteiger partial charge in [0.1, 0.15) is 0 Å². The van der Waals surface area contributed by atoms with Crippen molar-refractivity contribution < 1.29 is 14.9 Å². The molecule has 4 rings (SSSR count). The molecule has 0 spiro atoms. The lowest BCUT2D eigenvalue weighted by Gasteiger charge is -2.61. The second-order valence-electron chi connectivity index (χ2n) is 13.0. The van der Waals surface area contributed by atoms with Crippen LogP contribution in [-0.2, 0) is 4.74 Å². The van der Waals surface area contributed by atoms with Gasteiger partial charge in [-0.2, -0.15) is 0 Å². The molecule has 3 saturated carbocycles. The fourth-order valence-electron chi connectivity index (χ4n) is 8.57. The largest absolute Gasteiger partial charge is 0.393 e. The first-order chi connectivity index (χ1) is 15.1. The molecule has 3 fully saturated rings. The Hall–Kier alpha value is -0.380. The van der Waals surface area contributed by atoms with Crippen molar-refractivity contribution in [2.24, 2.45) is 40.4 Å². The zero-order chi connectivity index (χ0) is 23.3. The predicted octanol–water partition coefficient (Wildman–Crippen LogP) is 6.52. The molecule has 0 aromatic heterocycles. The predicted molar refractivity (Wildman–Crippen MR) is 131 cm³/mol. The summed E-state index contributed by atoms with van der Waals surface area (Å²) in [6.07, 6.45) is 14.8. The fraction of sp³-hybridized carbons (Fsp3) is 0.931. The average Bonchev–Trinajstić information content (AvgIpc) is 3.16. The molecular weight excluding hydrogens is 396 g/mol. The van der Waals surface area contributed by atoms with Crippen LogP contribution in [0.3, 0.4) is 0 Å². The Kier molecular flexibility index (Phi) is 6.96. The van der Waals surface area contributed by atoms with Crippen molar-refractivity contribution in [1.82, 2.24) is 0 Å². The highest BCUT2D eigenvalue weighted by Gasteiger charge is 2.60. The van der Waals surface area contributed by atoms with Crippen molar-refractivity contribution in [3.63, 3.8) is 0 Å². The normalized spacial score (nSPS) is 45.6. The highest BCUT2D eigenvalue weighted by atomic mass is 16.5. The van der Waals surface area contributed by atoms with Gasteiger partial charge in [0.15, 0.2) is 0 Å². The molecule has 0 radical (unpaired) electrons. The van der Waals surface area contributed by atoms with Crippen molar-refractivity contribution in [3.8, 4) is 0 Å². The number of methoxy groups -OCH3 is 1. The van der Waals surface area contributed by atoms with Gasteiger partial charge in [0.2, 0.25) is 0 Å². The van der Waals surface area contributed by atoms with Gasteiger partial charge in [0.05, 0.1) is 17.8 Å². The van der Waals surface area contributed by atoms with E-state index in [9.17, 15) is 10.2 Å². The maximum absolute atomic E-state index is 11.2. The van der Waals surface area contributed by atoms with Crippen molar-refractivity contribution >= 4 is 0 Å². The molecule has 3 heteroatoms. The molecule has 1 unspecified atom stereocenters. The first-order valence-electron chi connectivity index (χ1n) is 13.7. The molecule has 0 aliphatic heterocycles. The number of hydrogen-bond acceptors (Lipinski definition) is 3. The van der Waals surface area contributed by atoms with E-state index in [1.165, 1.54) is 37.7 Å². The van der Waals surface area contributed by atoms with Crippen LogP contribution in [0, 0.1) is 40.4 Å². The number of aliphatic hydroxyl groups excluding tert-OH is 1. The second-order valence-corrected chi connectivity index (χ2v) is 13.0. The van der Waals surface area contributed by atoms with E-state index >= 15 is 0 Å². The summed E-state index contributed by atoms with van der Waals surface area (Å²) >= 11 is 0. The number of rotatable bonds is 7. The molecule has 32 heavy (non-hydrogen) atoms. The molecule has 0 aromatic carbocycles. The summed E-state index contributed by atoms with van der Waals surface area (Å²) in [5.41, 5.74) is 1.72. The SMILES string of the molecule is CC[C@]1(O)CC[C@@]2(C)C(=CC([C@@H](CC[C@H](O)C(C)C)OC)[C@H]3[C@@H]4CCC[C@@]4(C)CC[C@@H]32)C1. The first-order valence-corrected chi connectivity index (χ1v) is 13.7. The van der Waals surface area contributed by atoms with Gasteiger partial charge in [-0.3, -0.25) is 0 Å². The summed E-state index contributed by atoms with van der Waals surface area (Å²) in [5.74, 6) is 2.88. The Bertz CT molecular complexity index is 701. The lowest BCUT2D eigenvalue weighted by atomic mass is 9.44. The number of ether oxygens (including phenoxy) is 1. The number of hydrogen-bond donors (Lipinski definition) is 2. The molecule has 0 bridgehead atoms. The quantitative estimate of drug-likeness (QED) is 0.438. The topological polar surface area (TPSA) is 49.7 Å². The van der Waals surface area contributed by atoms with E-state index < -0.39 is 5.60 Å². The third kappa shape index (κ3) is 4.13. The van der Waals surface area contributed by atoms with Gasteiger partial charge in [-0.15, -0.1) is 0 Å². The van der Waals surface area contributed by atoms with Crippen LogP contribution in [0.2, 0.25) is 0 Å². The van der Waals surface area contributed by atoms with Crippen molar-refractivity contribution in [2.75, 3.05) is 7.11 Å². The third-order valence-corrected chi connectivity index (χ3v) is 11.0. The summed E-state index contributed by atoms with van der Waals surface area (Å²) in [6.45, 7) is 11.5. The lowest BCUT2D eigenvalue weighted by Crippen LogP contribution is -2.55. The summed E-state index contributed by atoms with van der Waals surface area (Å²) < 4.78 is 6.22. The van der Waals surface area contributed by atoms with E-state index in [-0.39, 0.29) is 17.6 Å². The highest BCUT2D eigenvalue weighted by Crippen LogP contribution is 2.67. The van der Waals surface area contributed by atoms with Crippen LogP contribution in [0.15, 0.2) is 11.6 Å². The molecule has 0 amide bonds. The standard InChI is InChI=1S/C29H50O3/c1-7-29(31)16-15-28(5)20(18-29)17-21(25(32-6)11-10-24(30)19(2)3)26-22-9-8-13-27(22,4)14-12-23(26)28/h17,19,21-26,30-31H,7-16,18H2,1-6H3/t21?,22-,23-,24-,25+,26-,27-,28-,29-/m0/s1. The minimum atomic E-state index is -0.532. The first kappa shape index (κ1) is 24.7. The molecule has 0 heterocycles. The molecule has 9 atom stereocenters. The van der Waals surface area contributed by atoms with Crippen LogP contribution < -0.4 is 0 Å². The van der Waals surface area contributed by atoms with Crippen molar-refractivity contribution in [3.05, 3.63) is 11.6 Å². The summed E-state index contributed by atoms with van der Waals surface area (Å²) in [7, 11) is 1.88. The number of aliphatic hydroxyl groups is 2. The van der Waals surface area contributed by atoms with Crippen LogP contribution in [-0.4, -0.2) is 35.1 Å². The van der Waals surface area contributed by atoms with E-state index in [0.717, 1.165) is 44.4 Å². The van der Waals surface area contributed by atoms with Gasteiger partial charge < -0.3 is 14.9 Å². The molecular formula is C29H50O3. The highest BCUT2D eigenvalue weighted by molar-refractivity contribution is 5.29. The van der Waals surface area contributed by atoms with Gasteiger partial charge in [-0.05, 0) is 98.7 Å². The molecule has 0 saturated heterocycles. The number of fused-ring (bicyclic) bond motifs is 5. The van der Waals surface area contributed by atoms with Crippen LogP contribution in [0.4, 0.5) is 0 Å². The minimum Gasteiger partial charge on any atom is -0.393 e. The van der Waals surface area contributed by atoms with Crippen LogP contribution >= 0.6 is 0 Å². The Labute approximate surface area is 197 Å². The Morgan fingerprint density at radius 3 is 2.47 bits per heavy atom. The van der Waals surface area contributed by atoms with Crippen LogP contribution in [0.1, 0.15) is 105 Å². The summed E-state index contributed by atoms with van der Waals surface area (Å²) in [4.78, 5) is 0. The van der Waals surface area contributed by atoms with Gasteiger partial charge in [-0.1, -0.05) is 52.7 Å². The van der Waals surface area contributed by atoms with Gasteiger partial charge in [-0.25, -0.2) is 0 Å². The molecule has 4 aliphatic rings. The van der Waals surface area contributed by atoms with Crippen LogP contribution in [0.5, 0.6) is 0 Å². The minimum absolute atomic E-state index is 0.160. The maximum Gasteiger partial charge on any atom is 0.0682 e. The van der Waals surface area contributed by atoms with Gasteiger partial charge in [0.25, 0.3) is 0 Å². The zero-order valence-corrected chi connectivity index (χ0v) is 21.7. The summed E-state index contributed by atoms with van der Waals surface area (Å²) in [6, 6.07) is 0. The maximum atomic E-state index is 11.2. The Morgan fingerprint density at radius 2 is 1.81 bits per heavy atom. The van der Waals surface area contributed by atoms with E-state index in [0.29, 0.717) is 29.1 Å². The zero-order valence-electron chi connectivity index (χ0n) is 21.7. The van der Waals surface area contributed by atoms with Gasteiger partial charge in [0, 0.05) is 13.0 Å². The molecule has 4 aliphatic carbocycles. The van der Waals surface area contributed by atoms with E-state index in [4.69, 9.17) is 4.74 Å².